The fourth-order valence-electron chi connectivity index (χ4n) is 1.45. The molecule has 0 radical (unpaired) electrons. The molecule has 5 nitrogen and oxygen atoms in total. The lowest BCUT2D eigenvalue weighted by atomic mass is 10.3. The lowest BCUT2D eigenvalue weighted by Gasteiger charge is -2.01. The summed E-state index contributed by atoms with van der Waals surface area (Å²) in [6, 6.07) is 5.65. The van der Waals surface area contributed by atoms with Gasteiger partial charge in [0.25, 0.3) is 0 Å². The molecule has 2 N–H and O–H groups in total. The van der Waals surface area contributed by atoms with E-state index in [1.54, 1.807) is 6.07 Å². The van der Waals surface area contributed by atoms with E-state index in [4.69, 9.17) is 5.11 Å². The normalized spacial score (nSPS) is 10.2. The molecule has 0 saturated heterocycles. The first-order valence-corrected chi connectivity index (χ1v) is 6.06. The van der Waals surface area contributed by atoms with Crippen LogP contribution in [-0.2, 0) is 0 Å². The van der Waals surface area contributed by atoms with Gasteiger partial charge in [-0.05, 0) is 18.2 Å². The molecule has 2 aromatic rings. The molecule has 0 aliphatic carbocycles. The second-order valence-corrected chi connectivity index (χ2v) is 4.69. The number of aromatic nitrogens is 1. The number of anilines is 2. The van der Waals surface area contributed by atoms with E-state index in [1.807, 2.05) is 0 Å². The minimum absolute atomic E-state index is 0.0615. The highest BCUT2D eigenvalue weighted by molar-refractivity contribution is 7.17. The molecule has 1 aromatic carbocycles. The van der Waals surface area contributed by atoms with Crippen LogP contribution in [0.5, 0.6) is 0 Å². The molecule has 0 fully saturated rings. The Kier molecular flexibility index (Phi) is 3.57. The van der Waals surface area contributed by atoms with E-state index in [0.717, 1.165) is 11.3 Å². The Labute approximate surface area is 111 Å². The summed E-state index contributed by atoms with van der Waals surface area (Å²) >= 11 is 0.922. The summed E-state index contributed by atoms with van der Waals surface area (Å²) in [7, 11) is 0. The molecule has 0 spiro atoms. The van der Waals surface area contributed by atoms with Crippen LogP contribution in [0.25, 0.3) is 0 Å². The number of aromatic carboxylic acids is 1. The first kappa shape index (κ1) is 13.2. The van der Waals surface area contributed by atoms with Crippen LogP contribution in [0, 0.1) is 5.82 Å². The molecule has 0 saturated carbocycles. The maximum Gasteiger partial charge on any atom is 0.356 e. The Morgan fingerprint density at radius 3 is 2.68 bits per heavy atom. The van der Waals surface area contributed by atoms with Crippen LogP contribution in [0.4, 0.5) is 15.2 Å². The fourth-order valence-corrected chi connectivity index (χ4v) is 2.32. The van der Waals surface area contributed by atoms with Crippen molar-refractivity contribution in [2.24, 2.45) is 0 Å². The highest BCUT2D eigenvalue weighted by Gasteiger charge is 2.20. The summed E-state index contributed by atoms with van der Waals surface area (Å²) in [6.45, 7) is 1.27. The lowest BCUT2D eigenvalue weighted by Crippen LogP contribution is -2.03. The van der Waals surface area contributed by atoms with Gasteiger partial charge in [-0.3, -0.25) is 4.79 Å². The Bertz CT molecular complexity index is 623. The number of carbonyl (C=O) groups is 2. The van der Waals surface area contributed by atoms with Crippen molar-refractivity contribution in [3.63, 3.8) is 0 Å². The summed E-state index contributed by atoms with van der Waals surface area (Å²) in [6.07, 6.45) is 0. The number of carbonyl (C=O) groups excluding carboxylic acids is 1. The minimum Gasteiger partial charge on any atom is -0.476 e. The number of Topliss-reactive ketones (excluding diaryl/α,β-unsaturated/α-hetero) is 1. The van der Waals surface area contributed by atoms with Gasteiger partial charge in [0.15, 0.2) is 16.6 Å². The van der Waals surface area contributed by atoms with Crippen LogP contribution in [0.1, 0.15) is 27.1 Å². The molecule has 2 rings (SSSR count). The topological polar surface area (TPSA) is 79.3 Å². The average Bonchev–Trinajstić information content (AvgIpc) is 2.73. The molecular formula is C12H9FN2O3S. The average molecular weight is 280 g/mol. The Morgan fingerprint density at radius 1 is 1.42 bits per heavy atom. The van der Waals surface area contributed by atoms with Gasteiger partial charge in [0.2, 0.25) is 0 Å². The first-order valence-electron chi connectivity index (χ1n) is 5.25. The summed E-state index contributed by atoms with van der Waals surface area (Å²) in [5, 5.41) is 11.9. The van der Waals surface area contributed by atoms with Gasteiger partial charge in [-0.1, -0.05) is 17.4 Å². The van der Waals surface area contributed by atoms with E-state index in [0.29, 0.717) is 5.69 Å². The molecule has 7 heteroatoms. The molecule has 0 atom stereocenters. The molecule has 1 heterocycles. The van der Waals surface area contributed by atoms with Crippen molar-refractivity contribution in [1.29, 1.82) is 0 Å². The van der Waals surface area contributed by atoms with Crippen molar-refractivity contribution in [2.75, 3.05) is 5.32 Å². The van der Waals surface area contributed by atoms with E-state index in [-0.39, 0.29) is 21.5 Å². The zero-order chi connectivity index (χ0) is 14.0. The fraction of sp³-hybridized carbons (Fsp3) is 0.0833. The van der Waals surface area contributed by atoms with Crippen molar-refractivity contribution < 1.29 is 19.1 Å². The van der Waals surface area contributed by atoms with Crippen molar-refractivity contribution >= 4 is 33.9 Å². The predicted molar refractivity (Wildman–Crippen MR) is 68.8 cm³/mol. The number of nitrogens with zero attached hydrogens (tertiary/aromatic N) is 1. The third kappa shape index (κ3) is 2.94. The number of hydrogen-bond acceptors (Lipinski definition) is 5. The monoisotopic (exact) mass is 280 g/mol. The number of rotatable bonds is 4. The van der Waals surface area contributed by atoms with Crippen LogP contribution in [-0.4, -0.2) is 21.8 Å². The summed E-state index contributed by atoms with van der Waals surface area (Å²) in [4.78, 5) is 26.1. The molecule has 0 aliphatic heterocycles. The van der Waals surface area contributed by atoms with Crippen molar-refractivity contribution in [3.8, 4) is 0 Å². The van der Waals surface area contributed by atoms with Crippen molar-refractivity contribution in [2.45, 2.75) is 6.92 Å². The Morgan fingerprint density at radius 2 is 2.16 bits per heavy atom. The number of hydrogen-bond donors (Lipinski definition) is 2. The van der Waals surface area contributed by atoms with Crippen molar-refractivity contribution in [3.05, 3.63) is 40.7 Å². The quantitative estimate of drug-likeness (QED) is 0.842. The zero-order valence-electron chi connectivity index (χ0n) is 9.81. The molecule has 98 valence electrons. The molecule has 0 unspecified atom stereocenters. The third-order valence-electron chi connectivity index (χ3n) is 2.23. The molecule has 0 aliphatic rings. The zero-order valence-corrected chi connectivity index (χ0v) is 10.6. The van der Waals surface area contributed by atoms with Crippen LogP contribution in [0.15, 0.2) is 24.3 Å². The van der Waals surface area contributed by atoms with Gasteiger partial charge < -0.3 is 10.4 Å². The van der Waals surface area contributed by atoms with Gasteiger partial charge in [-0.15, -0.1) is 0 Å². The highest BCUT2D eigenvalue weighted by atomic mass is 32.1. The van der Waals surface area contributed by atoms with E-state index < -0.39 is 11.8 Å². The second-order valence-electron chi connectivity index (χ2n) is 3.69. The minimum atomic E-state index is -1.27. The number of nitrogens with one attached hydrogen (secondary N) is 1. The SMILES string of the molecule is CC(=O)c1sc(Nc2cccc(F)c2)nc1C(=O)O. The molecule has 0 bridgehead atoms. The van der Waals surface area contributed by atoms with Gasteiger partial charge in [0.05, 0.1) is 0 Å². The lowest BCUT2D eigenvalue weighted by molar-refractivity contribution is 0.0687. The summed E-state index contributed by atoms with van der Waals surface area (Å²) in [5.41, 5.74) is 0.136. The number of benzene rings is 1. The summed E-state index contributed by atoms with van der Waals surface area (Å²) in [5.74, 6) is -2.07. The number of thiazole rings is 1. The largest absolute Gasteiger partial charge is 0.476 e. The van der Waals surface area contributed by atoms with Crippen LogP contribution in [0.3, 0.4) is 0 Å². The number of ketones is 1. The van der Waals surface area contributed by atoms with Gasteiger partial charge >= 0.3 is 5.97 Å². The number of halogens is 1. The first-order chi connectivity index (χ1) is 8.97. The predicted octanol–water partition coefficient (Wildman–Crippen LogP) is 2.93. The van der Waals surface area contributed by atoms with E-state index >= 15 is 0 Å². The smallest absolute Gasteiger partial charge is 0.356 e. The third-order valence-corrected chi connectivity index (χ3v) is 3.30. The van der Waals surface area contributed by atoms with Gasteiger partial charge in [-0.25, -0.2) is 14.2 Å². The van der Waals surface area contributed by atoms with Crippen LogP contribution >= 0.6 is 11.3 Å². The van der Waals surface area contributed by atoms with E-state index in [1.165, 1.54) is 25.1 Å². The second kappa shape index (κ2) is 5.15. The Balaban J connectivity index is 2.34. The van der Waals surface area contributed by atoms with Crippen LogP contribution in [0.2, 0.25) is 0 Å². The van der Waals surface area contributed by atoms with E-state index in [2.05, 4.69) is 10.3 Å². The summed E-state index contributed by atoms with van der Waals surface area (Å²) < 4.78 is 13.0. The molecule has 0 amide bonds. The van der Waals surface area contributed by atoms with Gasteiger partial charge in [0, 0.05) is 12.6 Å². The highest BCUT2D eigenvalue weighted by Crippen LogP contribution is 2.26. The van der Waals surface area contributed by atoms with Gasteiger partial charge in [-0.2, -0.15) is 0 Å². The molecular weight excluding hydrogens is 271 g/mol. The number of carboxylic acid groups (broad SMARTS) is 1. The molecule has 19 heavy (non-hydrogen) atoms. The molecule has 1 aromatic heterocycles. The number of carboxylic acids is 1. The Hall–Kier alpha value is -2.28. The van der Waals surface area contributed by atoms with Crippen LogP contribution < -0.4 is 5.32 Å². The maximum absolute atomic E-state index is 13.0. The van der Waals surface area contributed by atoms with E-state index in [9.17, 15) is 14.0 Å². The van der Waals surface area contributed by atoms with Crippen molar-refractivity contribution in [1.82, 2.24) is 4.98 Å². The standard InChI is InChI=1S/C12H9FN2O3S/c1-6(16)10-9(11(17)18)15-12(19-10)14-8-4-2-3-7(13)5-8/h2-5H,1H3,(H,14,15)(H,17,18). The van der Waals surface area contributed by atoms with Gasteiger partial charge in [0.1, 0.15) is 10.7 Å². The maximum atomic E-state index is 13.0.